The van der Waals surface area contributed by atoms with Crippen molar-refractivity contribution in [2.75, 3.05) is 7.11 Å². The van der Waals surface area contributed by atoms with E-state index >= 15 is 0 Å². The van der Waals surface area contributed by atoms with Gasteiger partial charge in [-0.1, -0.05) is 53.5 Å². The van der Waals surface area contributed by atoms with Gasteiger partial charge in [-0.15, -0.1) is 0 Å². The number of aromatic nitrogens is 1. The molecule has 7 heteroatoms. The molecular formula is C22H21Cl2N3O2. The molecule has 3 aromatic rings. The number of carbonyl (C=O) groups is 1. The first kappa shape index (κ1) is 21.1. The molecule has 29 heavy (non-hydrogen) atoms. The molecule has 0 aliphatic carbocycles. The lowest BCUT2D eigenvalue weighted by Gasteiger charge is -2.13. The number of hydrazone groups is 1. The number of ether oxygens (including phenoxy) is 1. The molecule has 0 spiro atoms. The van der Waals surface area contributed by atoms with Gasteiger partial charge in [0.25, 0.3) is 5.91 Å². The molecule has 0 aliphatic heterocycles. The van der Waals surface area contributed by atoms with E-state index in [4.69, 9.17) is 27.9 Å². The van der Waals surface area contributed by atoms with Crippen molar-refractivity contribution in [2.24, 2.45) is 5.10 Å². The molecule has 1 aromatic heterocycles. The third kappa shape index (κ3) is 4.70. The highest BCUT2D eigenvalue weighted by molar-refractivity contribution is 6.42. The molecule has 2 aromatic carbocycles. The monoisotopic (exact) mass is 429 g/mol. The molecule has 0 saturated carbocycles. The van der Waals surface area contributed by atoms with Crippen LogP contribution in [-0.2, 0) is 9.53 Å². The van der Waals surface area contributed by atoms with Gasteiger partial charge in [0.05, 0.1) is 16.3 Å². The molecule has 1 unspecified atom stereocenters. The van der Waals surface area contributed by atoms with Gasteiger partial charge in [-0.05, 0) is 43.7 Å². The summed E-state index contributed by atoms with van der Waals surface area (Å²) in [6.07, 6.45) is 0.892. The first-order valence-corrected chi connectivity index (χ1v) is 9.73. The lowest BCUT2D eigenvalue weighted by Crippen LogP contribution is -2.26. The molecule has 1 heterocycles. The van der Waals surface area contributed by atoms with Gasteiger partial charge in [0.15, 0.2) is 6.10 Å². The predicted octanol–water partition coefficient (Wildman–Crippen LogP) is 5.24. The second-order valence-electron chi connectivity index (χ2n) is 6.52. The van der Waals surface area contributed by atoms with Gasteiger partial charge in [0.1, 0.15) is 0 Å². The van der Waals surface area contributed by atoms with Crippen LogP contribution in [0.1, 0.15) is 28.6 Å². The fraction of sp³-hybridized carbons (Fsp3) is 0.182. The van der Waals surface area contributed by atoms with Crippen LogP contribution in [0.3, 0.4) is 0 Å². The van der Waals surface area contributed by atoms with Crippen molar-refractivity contribution >= 4 is 35.3 Å². The lowest BCUT2D eigenvalue weighted by molar-refractivity contribution is -0.131. The number of hydrogen-bond donors (Lipinski definition) is 1. The van der Waals surface area contributed by atoms with E-state index in [1.165, 1.54) is 7.11 Å². The van der Waals surface area contributed by atoms with Crippen molar-refractivity contribution in [2.45, 2.75) is 20.0 Å². The molecule has 3 rings (SSSR count). The van der Waals surface area contributed by atoms with Crippen LogP contribution in [0.4, 0.5) is 0 Å². The third-order valence-electron chi connectivity index (χ3n) is 4.59. The number of hydrogen-bond acceptors (Lipinski definition) is 3. The fourth-order valence-corrected chi connectivity index (χ4v) is 3.48. The number of carbonyl (C=O) groups excluding carboxylic acids is 1. The average Bonchev–Trinajstić information content (AvgIpc) is 2.99. The van der Waals surface area contributed by atoms with Crippen molar-refractivity contribution in [1.82, 2.24) is 9.99 Å². The van der Waals surface area contributed by atoms with E-state index in [9.17, 15) is 4.79 Å². The van der Waals surface area contributed by atoms with E-state index in [0.29, 0.717) is 10.0 Å². The normalized spacial score (nSPS) is 12.3. The molecule has 0 fully saturated rings. The molecule has 0 radical (unpaired) electrons. The maximum absolute atomic E-state index is 12.4. The second-order valence-corrected chi connectivity index (χ2v) is 7.34. The summed E-state index contributed by atoms with van der Waals surface area (Å²) in [5.41, 5.74) is 7.07. The minimum atomic E-state index is -0.725. The van der Waals surface area contributed by atoms with E-state index in [0.717, 1.165) is 28.2 Å². The van der Waals surface area contributed by atoms with Gasteiger partial charge >= 0.3 is 0 Å². The van der Waals surface area contributed by atoms with E-state index in [1.54, 1.807) is 12.3 Å². The molecule has 0 bridgehead atoms. The quantitative estimate of drug-likeness (QED) is 0.430. The van der Waals surface area contributed by atoms with Gasteiger partial charge in [-0.3, -0.25) is 4.79 Å². The highest BCUT2D eigenvalue weighted by Gasteiger charge is 2.19. The summed E-state index contributed by atoms with van der Waals surface area (Å²) in [5, 5.41) is 5.11. The van der Waals surface area contributed by atoms with Crippen molar-refractivity contribution in [3.8, 4) is 5.69 Å². The molecule has 1 amide bonds. The van der Waals surface area contributed by atoms with Crippen LogP contribution < -0.4 is 5.43 Å². The number of benzene rings is 2. The zero-order valence-electron chi connectivity index (χ0n) is 16.3. The number of aryl methyl sites for hydroxylation is 1. The Labute approximate surface area is 179 Å². The largest absolute Gasteiger partial charge is 0.367 e. The van der Waals surface area contributed by atoms with Crippen molar-refractivity contribution in [3.63, 3.8) is 0 Å². The molecule has 1 atom stereocenters. The van der Waals surface area contributed by atoms with E-state index < -0.39 is 6.10 Å². The minimum Gasteiger partial charge on any atom is -0.367 e. The Hall–Kier alpha value is -2.60. The molecule has 0 aliphatic rings. The molecular weight excluding hydrogens is 409 g/mol. The Morgan fingerprint density at radius 2 is 1.83 bits per heavy atom. The maximum Gasteiger partial charge on any atom is 0.273 e. The summed E-state index contributed by atoms with van der Waals surface area (Å²) in [7, 11) is 1.49. The van der Waals surface area contributed by atoms with Crippen molar-refractivity contribution in [1.29, 1.82) is 0 Å². The number of nitrogens with one attached hydrogen (secondary N) is 1. The zero-order valence-corrected chi connectivity index (χ0v) is 17.8. The van der Waals surface area contributed by atoms with Crippen LogP contribution in [0.25, 0.3) is 5.69 Å². The number of nitrogens with zero attached hydrogens (tertiary/aromatic N) is 2. The number of amides is 1. The van der Waals surface area contributed by atoms with Gasteiger partial charge in [0.2, 0.25) is 0 Å². The van der Waals surface area contributed by atoms with Crippen LogP contribution in [0.5, 0.6) is 0 Å². The van der Waals surface area contributed by atoms with E-state index in [2.05, 4.69) is 10.5 Å². The van der Waals surface area contributed by atoms with Crippen molar-refractivity contribution < 1.29 is 9.53 Å². The maximum atomic E-state index is 12.4. The summed E-state index contributed by atoms with van der Waals surface area (Å²) < 4.78 is 7.36. The highest BCUT2D eigenvalue weighted by Crippen LogP contribution is 2.27. The molecule has 5 nitrogen and oxygen atoms in total. The zero-order chi connectivity index (χ0) is 21.0. The summed E-state index contributed by atoms with van der Waals surface area (Å²) >= 11 is 12.2. The van der Waals surface area contributed by atoms with Gasteiger partial charge in [-0.2, -0.15) is 5.10 Å². The topological polar surface area (TPSA) is 55.6 Å². The third-order valence-corrected chi connectivity index (χ3v) is 5.33. The van der Waals surface area contributed by atoms with Crippen LogP contribution in [0.15, 0.2) is 59.7 Å². The van der Waals surface area contributed by atoms with Crippen molar-refractivity contribution in [3.05, 3.63) is 87.2 Å². The van der Waals surface area contributed by atoms with E-state index in [1.807, 2.05) is 66.9 Å². The minimum absolute atomic E-state index is 0.340. The Morgan fingerprint density at radius 3 is 2.48 bits per heavy atom. The van der Waals surface area contributed by atoms with Crippen LogP contribution >= 0.6 is 23.2 Å². The number of halogens is 2. The van der Waals surface area contributed by atoms with Crippen LogP contribution in [-0.4, -0.2) is 23.8 Å². The fourth-order valence-electron chi connectivity index (χ4n) is 3.19. The van der Waals surface area contributed by atoms with Gasteiger partial charge < -0.3 is 9.30 Å². The molecule has 150 valence electrons. The number of rotatable bonds is 6. The van der Waals surface area contributed by atoms with E-state index in [-0.39, 0.29) is 5.91 Å². The molecule has 1 N–H and O–H groups in total. The Bertz CT molecular complexity index is 1050. The van der Waals surface area contributed by atoms with Crippen LogP contribution in [0.2, 0.25) is 10.0 Å². The van der Waals surface area contributed by atoms with Gasteiger partial charge in [-0.25, -0.2) is 5.43 Å². The average molecular weight is 430 g/mol. The lowest BCUT2D eigenvalue weighted by atomic mass is 10.1. The Morgan fingerprint density at radius 1 is 1.10 bits per heavy atom. The summed E-state index contributed by atoms with van der Waals surface area (Å²) in [5.74, 6) is -0.340. The summed E-state index contributed by atoms with van der Waals surface area (Å²) in [4.78, 5) is 12.4. The highest BCUT2D eigenvalue weighted by atomic mass is 35.5. The smallest absolute Gasteiger partial charge is 0.273 e. The van der Waals surface area contributed by atoms with Gasteiger partial charge in [0, 0.05) is 29.7 Å². The molecule has 0 saturated heterocycles. The van der Waals surface area contributed by atoms with Crippen LogP contribution in [0, 0.1) is 13.8 Å². The summed E-state index contributed by atoms with van der Waals surface area (Å²) in [6, 6.07) is 16.7. The first-order valence-electron chi connectivity index (χ1n) is 8.97. The summed E-state index contributed by atoms with van der Waals surface area (Å²) in [6.45, 7) is 3.96. The standard InChI is InChI=1S/C22H21Cl2N3O2/c1-14-11-17(15(2)27(14)18-9-10-19(23)20(24)12-18)13-25-26-22(28)21(29-3)16-7-5-4-6-8-16/h4-13,21H,1-3H3,(H,26,28)/b25-13+. The second kappa shape index (κ2) is 9.27. The Kier molecular flexibility index (Phi) is 6.75. The first-order chi connectivity index (χ1) is 13.9. The number of methoxy groups -OCH3 is 1. The Balaban J connectivity index is 1.77. The SMILES string of the molecule is COC(C(=O)N/N=C/c1cc(C)n(-c2ccc(Cl)c(Cl)c2)c1C)c1ccccc1. The predicted molar refractivity (Wildman–Crippen MR) is 117 cm³/mol.